The number of hydrogen-bond donors (Lipinski definition) is 7. The number of β-amino-alcohol motifs (C(OH)–C–C–N with tert-alkyl or cyclic N) is 2. The van der Waals surface area contributed by atoms with E-state index < -0.39 is 125 Å². The maximum absolute atomic E-state index is 11.6. The summed E-state index contributed by atoms with van der Waals surface area (Å²) < 4.78 is 0. The number of hydrogen-bond acceptors (Lipinski definition) is 28. The molecule has 2 aliphatic rings. The molecule has 30 heteroatoms. The van der Waals surface area contributed by atoms with Crippen LogP contribution in [-0.2, 0) is 28.8 Å². The molecule has 2 rings (SSSR count). The summed E-state index contributed by atoms with van der Waals surface area (Å²) in [6, 6.07) is 0. The molecule has 0 bridgehead atoms. The van der Waals surface area contributed by atoms with Gasteiger partial charge in [0.1, 0.15) is 18.3 Å². The third-order valence-corrected chi connectivity index (χ3v) is 11.6. The minimum Gasteiger partial charge on any atom is -0.549 e. The Hall–Kier alpha value is -1.17. The van der Waals surface area contributed by atoms with Crippen LogP contribution in [0.4, 0.5) is 0 Å². The zero-order valence-corrected chi connectivity index (χ0v) is 43.6. The summed E-state index contributed by atoms with van der Waals surface area (Å²) in [5.41, 5.74) is 0. The van der Waals surface area contributed by atoms with Crippen LogP contribution in [0.25, 0.3) is 0 Å². The van der Waals surface area contributed by atoms with Gasteiger partial charge in [-0.3, -0.25) is 44.1 Å². The van der Waals surface area contributed by atoms with Gasteiger partial charge in [-0.25, -0.2) is 0 Å². The standard InChI is InChI=1S/C40H75N9O19.2Gd/c50-28-32(54)40(68)39(67)31(53)21-49(19-29(51)17-41-1-5-43(22-33(55)56)9-13-47(26-37(63)64)14-10-44(6-2-41)23-34(57)58)20-30(52)18-42-3-7-45(24-35(59)60)11-15-48(27-38(65)66)16-12-46(8-4-42)25-36(61)62;;/h29-32,39-40,50-54,67-68H,1-28H2,(H,55,56)(H,57,58)(H,59,60)(H,61,62)(H,63,64)(H,65,66);;/q;2*+3/p-6. The summed E-state index contributed by atoms with van der Waals surface area (Å²) in [5, 5.41) is 144. The molecule has 6 unspecified atom stereocenters. The van der Waals surface area contributed by atoms with Crippen LogP contribution in [0, 0.1) is 79.9 Å². The first-order valence-electron chi connectivity index (χ1n) is 22.4. The number of nitrogens with zero attached hydrogens (tertiary/aromatic N) is 9. The van der Waals surface area contributed by atoms with Crippen molar-refractivity contribution < 1.29 is 175 Å². The third-order valence-electron chi connectivity index (χ3n) is 11.6. The first-order valence-corrected chi connectivity index (χ1v) is 22.4. The molecule has 6 atom stereocenters. The van der Waals surface area contributed by atoms with Crippen LogP contribution < -0.4 is 30.6 Å². The van der Waals surface area contributed by atoms with Gasteiger partial charge in [0.05, 0.1) is 60.7 Å². The number of carboxylic acid groups (broad SMARTS) is 6. The summed E-state index contributed by atoms with van der Waals surface area (Å²) in [7, 11) is 0. The second-order valence-corrected chi connectivity index (χ2v) is 17.3. The van der Waals surface area contributed by atoms with Crippen molar-refractivity contribution in [1.29, 1.82) is 0 Å². The second kappa shape index (κ2) is 37.5. The summed E-state index contributed by atoms with van der Waals surface area (Å²) >= 11 is 0. The van der Waals surface area contributed by atoms with Crippen LogP contribution in [-0.4, -0.2) is 336 Å². The van der Waals surface area contributed by atoms with E-state index in [2.05, 4.69) is 0 Å². The van der Waals surface area contributed by atoms with E-state index in [1.807, 2.05) is 0 Å². The Bertz CT molecular complexity index is 1400. The minimum atomic E-state index is -2.03. The molecule has 0 aromatic heterocycles. The van der Waals surface area contributed by atoms with Crippen molar-refractivity contribution in [3.63, 3.8) is 0 Å². The number of carbonyl (C=O) groups excluding carboxylic acids is 6. The van der Waals surface area contributed by atoms with Crippen LogP contribution in [0.3, 0.4) is 0 Å². The number of carbonyl (C=O) groups is 6. The fraction of sp³-hybridized carbons (Fsp3) is 0.850. The SMILES string of the molecule is O=C([O-])CN1CCN(CC(=O)[O-])CCN(CC(O)CN(CC(O)CN2CCN(CC(=O)[O-])CCN(CC(=O)[O-])CCN(CC(=O)[O-])CC2)CC(O)C(O)C(O)C(O)CO)CCN(CC(=O)[O-])CC1.[Gd+3].[Gd+3]. The van der Waals surface area contributed by atoms with Gasteiger partial charge in [-0.2, -0.15) is 0 Å². The van der Waals surface area contributed by atoms with E-state index >= 15 is 0 Å². The normalized spacial score (nSPS) is 20.9. The van der Waals surface area contributed by atoms with Gasteiger partial charge in [-0.05, 0) is 0 Å². The van der Waals surface area contributed by atoms with Crippen molar-refractivity contribution in [2.75, 3.05) is 183 Å². The van der Waals surface area contributed by atoms with Gasteiger partial charge in [0.2, 0.25) is 0 Å². The van der Waals surface area contributed by atoms with Gasteiger partial charge in [-0.1, -0.05) is 0 Å². The van der Waals surface area contributed by atoms with Gasteiger partial charge in [-0.15, -0.1) is 0 Å². The monoisotopic (exact) mass is 1300 g/mol. The Morgan fingerprint density at radius 2 is 0.557 bits per heavy atom. The molecular weight excluding hydrogens is 1220 g/mol. The first kappa shape index (κ1) is 68.8. The predicted molar refractivity (Wildman–Crippen MR) is 221 cm³/mol. The molecule has 2 saturated heterocycles. The summed E-state index contributed by atoms with van der Waals surface area (Å²) in [5.74, 6) is -8.38. The van der Waals surface area contributed by atoms with Crippen LogP contribution in [0.1, 0.15) is 0 Å². The number of carboxylic acids is 6. The molecule has 0 saturated carbocycles. The molecule has 404 valence electrons. The molecule has 0 amide bonds. The van der Waals surface area contributed by atoms with E-state index in [1.54, 1.807) is 9.80 Å². The smallest absolute Gasteiger partial charge is 0.549 e. The molecule has 0 aromatic carbocycles. The summed E-state index contributed by atoms with van der Waals surface area (Å²) in [6.07, 6.45) is -10.4. The van der Waals surface area contributed by atoms with Gasteiger partial charge in [0, 0.05) is 177 Å². The van der Waals surface area contributed by atoms with Gasteiger partial charge in [0.25, 0.3) is 0 Å². The van der Waals surface area contributed by atoms with Crippen molar-refractivity contribution in [2.45, 2.75) is 36.6 Å². The molecule has 0 spiro atoms. The van der Waals surface area contributed by atoms with E-state index in [0.717, 1.165) is 0 Å². The zero-order valence-electron chi connectivity index (χ0n) is 39.0. The van der Waals surface area contributed by atoms with Gasteiger partial charge >= 0.3 is 79.9 Å². The zero-order chi connectivity index (χ0) is 50.9. The van der Waals surface area contributed by atoms with Crippen molar-refractivity contribution >= 4 is 35.8 Å². The minimum absolute atomic E-state index is 0. The van der Waals surface area contributed by atoms with E-state index in [4.69, 9.17) is 0 Å². The topological polar surface area (TPSA) is 412 Å². The summed E-state index contributed by atoms with van der Waals surface area (Å²) in [6.45, 7) is -4.17. The van der Waals surface area contributed by atoms with Crippen molar-refractivity contribution in [1.82, 2.24) is 44.1 Å². The fourth-order valence-electron chi connectivity index (χ4n) is 8.03. The van der Waals surface area contributed by atoms with Gasteiger partial charge < -0.3 is 95.2 Å². The van der Waals surface area contributed by atoms with Crippen molar-refractivity contribution in [3.8, 4) is 0 Å². The van der Waals surface area contributed by atoms with E-state index in [1.165, 1.54) is 34.3 Å². The summed E-state index contributed by atoms with van der Waals surface area (Å²) in [4.78, 5) is 83.1. The second-order valence-electron chi connectivity index (χ2n) is 17.3. The molecule has 0 aromatic rings. The average molecular weight is 1290 g/mol. The van der Waals surface area contributed by atoms with Crippen LogP contribution >= 0.6 is 0 Å². The Kier molecular flexibility index (Phi) is 36.9. The molecule has 7 N–H and O–H groups in total. The number of aliphatic hydroxyl groups excluding tert-OH is 7. The average Bonchev–Trinajstić information content (AvgIpc) is 3.23. The maximum Gasteiger partial charge on any atom is 3.00 e. The maximum atomic E-state index is 11.6. The van der Waals surface area contributed by atoms with Crippen molar-refractivity contribution in [2.24, 2.45) is 0 Å². The quantitative estimate of drug-likeness (QED) is 0.0423. The third kappa shape index (κ3) is 30.9. The van der Waals surface area contributed by atoms with Crippen LogP contribution in [0.5, 0.6) is 0 Å². The molecule has 0 aliphatic carbocycles. The van der Waals surface area contributed by atoms with Crippen LogP contribution in [0.2, 0.25) is 0 Å². The number of rotatable bonds is 26. The molecule has 2 heterocycles. The van der Waals surface area contributed by atoms with E-state index in [9.17, 15) is 95.2 Å². The molecule has 70 heavy (non-hydrogen) atoms. The predicted octanol–water partition coefficient (Wildman–Crippen LogP) is -16.6. The number of aliphatic carboxylic acids is 6. The van der Waals surface area contributed by atoms with Crippen LogP contribution in [0.15, 0.2) is 0 Å². The number of aliphatic hydroxyl groups is 7. The fourth-order valence-corrected chi connectivity index (χ4v) is 8.03. The molecule has 2 aliphatic heterocycles. The van der Waals surface area contributed by atoms with Gasteiger partial charge in [0.15, 0.2) is 0 Å². The molecular formula is C40H69Gd2N9O19. The Morgan fingerprint density at radius 3 is 0.757 bits per heavy atom. The van der Waals surface area contributed by atoms with E-state index in [0.29, 0.717) is 0 Å². The Morgan fingerprint density at radius 1 is 0.357 bits per heavy atom. The Balaban J connectivity index is 0.0000238. The Labute approximate surface area is 470 Å². The molecule has 28 nitrogen and oxygen atoms in total. The first-order chi connectivity index (χ1) is 32.0. The largest absolute Gasteiger partial charge is 3.00 e. The van der Waals surface area contributed by atoms with E-state index in [-0.39, 0.29) is 211 Å². The molecule has 2 fully saturated rings. The molecule has 2 radical (unpaired) electrons. The van der Waals surface area contributed by atoms with Crippen molar-refractivity contribution in [3.05, 3.63) is 0 Å².